The summed E-state index contributed by atoms with van der Waals surface area (Å²) in [5.41, 5.74) is 0. The van der Waals surface area contributed by atoms with Crippen molar-refractivity contribution in [2.45, 2.75) is 19.1 Å². The van der Waals surface area contributed by atoms with Gasteiger partial charge < -0.3 is 20.3 Å². The molecule has 0 amide bonds. The van der Waals surface area contributed by atoms with Crippen molar-refractivity contribution < 1.29 is 29.3 Å². The van der Waals surface area contributed by atoms with E-state index in [4.69, 9.17) is 15.1 Å². The first-order valence-electron chi connectivity index (χ1n) is 2.91. The Hall–Kier alpha value is -0.590. The Morgan fingerprint density at radius 3 is 2.17 bits per heavy atom. The first kappa shape index (κ1) is 11.4. The van der Waals surface area contributed by atoms with E-state index in [9.17, 15) is 14.9 Å². The van der Waals surface area contributed by atoms with E-state index in [1.54, 1.807) is 0 Å². The van der Waals surface area contributed by atoms with Gasteiger partial charge in [0.2, 0.25) is 0 Å². The van der Waals surface area contributed by atoms with Crippen LogP contribution in [0, 0.1) is 5.21 Å². The van der Waals surface area contributed by atoms with E-state index >= 15 is 0 Å². The molecule has 0 spiro atoms. The molecule has 70 valence electrons. The molecule has 7 nitrogen and oxygen atoms in total. The van der Waals surface area contributed by atoms with E-state index in [0.717, 1.165) is 6.92 Å². The molecule has 0 heterocycles. The topological polar surface area (TPSA) is 127 Å². The molecule has 1 unspecified atom stereocenters. The van der Waals surface area contributed by atoms with Crippen LogP contribution in [0.4, 0.5) is 0 Å². The first-order chi connectivity index (χ1) is 5.37. The molecule has 0 saturated carbocycles. The lowest BCUT2D eigenvalue weighted by Crippen LogP contribution is -2.39. The van der Waals surface area contributed by atoms with E-state index in [1.807, 2.05) is 0 Å². The van der Waals surface area contributed by atoms with Crippen LogP contribution in [0.3, 0.4) is 0 Å². The molecule has 0 aliphatic heterocycles. The maximum absolute atomic E-state index is 10.6. The quantitative estimate of drug-likeness (QED) is 0.361. The van der Waals surface area contributed by atoms with Crippen LogP contribution in [-0.2, 0) is 4.79 Å². The number of carboxylic acid groups (broad SMARTS) is 1. The Bertz CT molecular complexity index is 210. The molecule has 0 aliphatic carbocycles. The third-order valence-electron chi connectivity index (χ3n) is 1.12. The molecule has 0 aromatic heterocycles. The van der Waals surface area contributed by atoms with Crippen LogP contribution >= 0.6 is 8.17 Å². The maximum atomic E-state index is 10.6. The molecule has 0 rings (SSSR count). The molecule has 3 N–H and O–H groups in total. The Labute approximate surface area is 68.7 Å². The summed E-state index contributed by atoms with van der Waals surface area (Å²) >= 11 is 0. The van der Waals surface area contributed by atoms with Gasteiger partial charge in [0.1, 0.15) is 6.10 Å². The average molecular weight is 197 g/mol. The molecule has 0 bridgehead atoms. The number of aliphatic carboxylic acids is 1. The fourth-order valence-electron chi connectivity index (χ4n) is 0.592. The van der Waals surface area contributed by atoms with Crippen LogP contribution in [0.5, 0.6) is 0 Å². The van der Waals surface area contributed by atoms with Crippen molar-refractivity contribution in [3.05, 3.63) is 5.21 Å². The zero-order valence-electron chi connectivity index (χ0n) is 6.12. The van der Waals surface area contributed by atoms with Crippen LogP contribution in [0.2, 0.25) is 0 Å². The van der Waals surface area contributed by atoms with Crippen LogP contribution in [-0.4, -0.2) is 37.7 Å². The zero-order chi connectivity index (χ0) is 9.89. The van der Waals surface area contributed by atoms with Crippen molar-refractivity contribution >= 4 is 14.1 Å². The van der Waals surface area contributed by atoms with Crippen LogP contribution < -0.4 is 4.89 Å². The lowest BCUT2D eigenvalue weighted by Gasteiger charge is -2.10. The van der Waals surface area contributed by atoms with Gasteiger partial charge in [-0.3, -0.25) is 0 Å². The highest BCUT2D eigenvalue weighted by molar-refractivity contribution is 7.29. The van der Waals surface area contributed by atoms with Gasteiger partial charge in [-0.05, 0) is 6.92 Å². The highest BCUT2D eigenvalue weighted by Crippen LogP contribution is 2.11. The van der Waals surface area contributed by atoms with Gasteiger partial charge >= 0.3 is 20.2 Å². The Kier molecular flexibility index (Phi) is 4.22. The summed E-state index contributed by atoms with van der Waals surface area (Å²) < 4.78 is -0.553. The van der Waals surface area contributed by atoms with E-state index in [2.05, 4.69) is 0 Å². The minimum Gasteiger partial charge on any atom is -0.548 e. The van der Waals surface area contributed by atoms with E-state index in [1.165, 1.54) is 0 Å². The van der Waals surface area contributed by atoms with E-state index in [-0.39, 0.29) is 0 Å². The predicted molar refractivity (Wildman–Crippen MR) is 35.9 cm³/mol. The molecule has 0 saturated heterocycles. The Balaban J connectivity index is 4.77. The second-order valence-electron chi connectivity index (χ2n) is 2.08. The van der Waals surface area contributed by atoms with Crippen molar-refractivity contribution in [2.24, 2.45) is 0 Å². The second kappa shape index (κ2) is 4.44. The summed E-state index contributed by atoms with van der Waals surface area (Å²) in [4.78, 5) is 28.6. The van der Waals surface area contributed by atoms with Gasteiger partial charge in [-0.25, -0.2) is 4.79 Å². The van der Waals surface area contributed by atoms with Gasteiger partial charge in [0.05, 0.1) is 0 Å². The Morgan fingerprint density at radius 1 is 1.67 bits per heavy atom. The van der Waals surface area contributed by atoms with Crippen molar-refractivity contribution in [1.29, 1.82) is 0 Å². The number of hydrogen-bond donors (Lipinski definition) is 3. The lowest BCUT2D eigenvalue weighted by molar-refractivity contribution is -0.503. The molecule has 12 heavy (non-hydrogen) atoms. The number of aliphatic hydroxyl groups is 1. The number of aliphatic hydroxyl groups excluding tert-OH is 1. The van der Waals surface area contributed by atoms with Crippen LogP contribution in [0.1, 0.15) is 6.92 Å². The molecule has 0 fully saturated rings. The molecular weight excluding hydrogens is 189 g/mol. The van der Waals surface area contributed by atoms with Gasteiger partial charge in [0, 0.05) is 0 Å². The van der Waals surface area contributed by atoms with Gasteiger partial charge in [0.15, 0.2) is 0 Å². The number of hydrogen-bond acceptors (Lipinski definition) is 4. The van der Waals surface area contributed by atoms with E-state index in [0.29, 0.717) is 0 Å². The van der Waals surface area contributed by atoms with Crippen molar-refractivity contribution in [3.63, 3.8) is 0 Å². The summed E-state index contributed by atoms with van der Waals surface area (Å²) in [5.74, 6) is -1.64. The number of hydroxylamine groups is 1. The number of nitrogens with zero attached hydrogens (tertiary/aromatic N) is 1. The highest BCUT2D eigenvalue weighted by Gasteiger charge is 2.35. The fourth-order valence-corrected chi connectivity index (χ4v) is 1.10. The highest BCUT2D eigenvalue weighted by atomic mass is 31.1. The second-order valence-corrected chi connectivity index (χ2v) is 2.98. The third kappa shape index (κ3) is 2.80. The summed E-state index contributed by atoms with van der Waals surface area (Å²) in [5, 5.41) is 27.6. The minimum atomic E-state index is -3.28. The number of rotatable bonds is 3. The molecular formula is C4H8NO6P. The van der Waals surface area contributed by atoms with Crippen LogP contribution in [0.25, 0.3) is 0 Å². The summed E-state index contributed by atoms with van der Waals surface area (Å²) in [6.07, 6.45) is -1.51. The van der Waals surface area contributed by atoms with E-state index < -0.39 is 30.8 Å². The monoisotopic (exact) mass is 197 g/mol. The van der Waals surface area contributed by atoms with Crippen molar-refractivity contribution in [2.75, 3.05) is 0 Å². The summed E-state index contributed by atoms with van der Waals surface area (Å²) in [7, 11) is -3.28. The van der Waals surface area contributed by atoms with Gasteiger partial charge in [-0.15, -0.1) is 4.89 Å². The third-order valence-corrected chi connectivity index (χ3v) is 1.70. The maximum Gasteiger partial charge on any atom is 0.506 e. The summed E-state index contributed by atoms with van der Waals surface area (Å²) in [6.45, 7) is 1.04. The van der Waals surface area contributed by atoms with Crippen molar-refractivity contribution in [3.8, 4) is 0 Å². The minimum absolute atomic E-state index is 0.553. The van der Waals surface area contributed by atoms with Gasteiger partial charge in [-0.2, -0.15) is 0 Å². The predicted octanol–water partition coefficient (Wildman–Crippen LogP) is -1.82. The Morgan fingerprint density at radius 2 is 2.08 bits per heavy atom. The molecule has 8 heteroatoms. The van der Waals surface area contributed by atoms with Crippen LogP contribution in [0.15, 0.2) is 0 Å². The van der Waals surface area contributed by atoms with Crippen molar-refractivity contribution in [1.82, 2.24) is 0 Å². The fraction of sp³-hybridized carbons (Fsp3) is 0.750. The normalized spacial score (nSPS) is 18.1. The molecule has 0 aromatic rings. The standard InChI is InChI=1S/C4H8NO6P/c1-2(6)3(4(7)8)5(9)12(10)11/h2-3,6H,1H3,(H,7,8)(H,10,11)/t2-,3+/m1/s1. The number of carboxylic acids is 1. The van der Waals surface area contributed by atoms with Gasteiger partial charge in [-0.1, -0.05) is 4.49 Å². The molecule has 0 radical (unpaired) electrons. The largest absolute Gasteiger partial charge is 0.548 e. The molecule has 0 aromatic carbocycles. The SMILES string of the molecule is C[C@@H](O)[C@@H](C(=O)O)[N+]([O-])=[P+]([O-])O. The molecule has 3 atom stereocenters. The molecule has 0 aliphatic rings. The summed E-state index contributed by atoms with van der Waals surface area (Å²) in [6, 6.07) is -1.90. The lowest BCUT2D eigenvalue weighted by atomic mass is 10.2. The number of carbonyl (C=O) groups is 1. The average Bonchev–Trinajstić information content (AvgIpc) is 1.85. The first-order valence-corrected chi connectivity index (χ1v) is 4.07. The van der Waals surface area contributed by atoms with Gasteiger partial charge in [0.25, 0.3) is 0 Å². The smallest absolute Gasteiger partial charge is 0.506 e. The zero-order valence-corrected chi connectivity index (χ0v) is 7.01.